The number of benzene rings is 1. The van der Waals surface area contributed by atoms with Gasteiger partial charge in [0.1, 0.15) is 11.8 Å². The van der Waals surface area contributed by atoms with E-state index in [0.29, 0.717) is 29.2 Å². The summed E-state index contributed by atoms with van der Waals surface area (Å²) >= 11 is 0. The molecule has 0 atom stereocenters. The quantitative estimate of drug-likeness (QED) is 0.600. The third-order valence-corrected chi connectivity index (χ3v) is 4.34. The summed E-state index contributed by atoms with van der Waals surface area (Å²) in [6.45, 7) is 4.21. The number of furan rings is 1. The van der Waals surface area contributed by atoms with Crippen LogP contribution in [0.2, 0.25) is 0 Å². The molecule has 8 heteroatoms. The largest absolute Gasteiger partial charge is 0.494 e. The molecule has 3 heterocycles. The minimum atomic E-state index is -0.412. The average Bonchev–Trinajstić information content (AvgIpc) is 3.03. The number of ether oxygens (including phenoxy) is 1. The zero-order valence-electron chi connectivity index (χ0n) is 14.5. The van der Waals surface area contributed by atoms with Gasteiger partial charge in [-0.15, -0.1) is 5.10 Å². The highest BCUT2D eigenvalue weighted by Gasteiger charge is 2.17. The third-order valence-electron chi connectivity index (χ3n) is 4.34. The second kappa shape index (κ2) is 6.21. The predicted octanol–water partition coefficient (Wildman–Crippen LogP) is 3.54. The van der Waals surface area contributed by atoms with Crippen LogP contribution in [-0.2, 0) is 6.54 Å². The van der Waals surface area contributed by atoms with Crippen LogP contribution in [0.3, 0.4) is 0 Å². The lowest BCUT2D eigenvalue weighted by Gasteiger charge is -2.07. The fourth-order valence-corrected chi connectivity index (χ4v) is 2.81. The average molecular weight is 353 g/mol. The van der Waals surface area contributed by atoms with E-state index < -0.39 is 5.82 Å². The Bertz CT molecular complexity index is 1130. The topological polar surface area (TPSA) is 86.0 Å². The molecule has 0 aliphatic carbocycles. The van der Waals surface area contributed by atoms with Gasteiger partial charge in [-0.05, 0) is 37.1 Å². The summed E-state index contributed by atoms with van der Waals surface area (Å²) in [5, 5.41) is 12.2. The van der Waals surface area contributed by atoms with E-state index in [1.165, 1.54) is 19.5 Å². The molecule has 7 nitrogen and oxygen atoms in total. The molecule has 0 fully saturated rings. The van der Waals surface area contributed by atoms with E-state index in [2.05, 4.69) is 25.5 Å². The van der Waals surface area contributed by atoms with Crippen molar-refractivity contribution in [1.82, 2.24) is 20.2 Å². The number of nitrogens with one attached hydrogen (secondary N) is 1. The first-order valence-corrected chi connectivity index (χ1v) is 8.02. The Kier molecular flexibility index (Phi) is 3.87. The maximum absolute atomic E-state index is 13.8. The highest BCUT2D eigenvalue weighted by atomic mass is 19.1. The lowest BCUT2D eigenvalue weighted by molar-refractivity contribution is 0.386. The first-order valence-electron chi connectivity index (χ1n) is 8.02. The SMILES string of the molecule is COc1ccc(CNc2ncnc3c2oc2nnc(C)c(C)c23)cc1F. The van der Waals surface area contributed by atoms with Crippen molar-refractivity contribution in [2.75, 3.05) is 12.4 Å². The lowest BCUT2D eigenvalue weighted by atomic mass is 10.1. The van der Waals surface area contributed by atoms with Crippen LogP contribution in [0.15, 0.2) is 28.9 Å². The van der Waals surface area contributed by atoms with Crippen LogP contribution in [0.1, 0.15) is 16.8 Å². The van der Waals surface area contributed by atoms with Gasteiger partial charge in [0, 0.05) is 6.54 Å². The van der Waals surface area contributed by atoms with Gasteiger partial charge >= 0.3 is 0 Å². The minimum Gasteiger partial charge on any atom is -0.494 e. The number of nitrogens with zero attached hydrogens (tertiary/aromatic N) is 4. The van der Waals surface area contributed by atoms with Crippen molar-refractivity contribution in [3.8, 4) is 5.75 Å². The Morgan fingerprint density at radius 3 is 2.81 bits per heavy atom. The Hall–Kier alpha value is -3.29. The summed E-state index contributed by atoms with van der Waals surface area (Å²) in [6, 6.07) is 4.79. The number of hydrogen-bond donors (Lipinski definition) is 1. The summed E-state index contributed by atoms with van der Waals surface area (Å²) < 4.78 is 24.6. The number of fused-ring (bicyclic) bond motifs is 3. The van der Waals surface area contributed by atoms with Crippen LogP contribution in [0.25, 0.3) is 22.2 Å². The molecule has 0 saturated heterocycles. The molecule has 0 amide bonds. The highest BCUT2D eigenvalue weighted by molar-refractivity contribution is 6.05. The van der Waals surface area contributed by atoms with Crippen molar-refractivity contribution in [2.45, 2.75) is 20.4 Å². The van der Waals surface area contributed by atoms with Crippen LogP contribution >= 0.6 is 0 Å². The number of halogens is 1. The Balaban J connectivity index is 1.71. The van der Waals surface area contributed by atoms with Gasteiger partial charge < -0.3 is 14.5 Å². The van der Waals surface area contributed by atoms with Crippen molar-refractivity contribution in [1.29, 1.82) is 0 Å². The molecule has 0 unspecified atom stereocenters. The Morgan fingerprint density at radius 2 is 2.04 bits per heavy atom. The van der Waals surface area contributed by atoms with Crippen molar-refractivity contribution in [3.63, 3.8) is 0 Å². The molecule has 0 aliphatic heterocycles. The summed E-state index contributed by atoms with van der Waals surface area (Å²) in [6.07, 6.45) is 1.46. The van der Waals surface area contributed by atoms with E-state index in [0.717, 1.165) is 22.2 Å². The maximum atomic E-state index is 13.8. The number of anilines is 1. The van der Waals surface area contributed by atoms with Gasteiger partial charge in [-0.1, -0.05) is 6.07 Å². The molecule has 1 aromatic carbocycles. The predicted molar refractivity (Wildman–Crippen MR) is 94.7 cm³/mol. The van der Waals surface area contributed by atoms with Gasteiger partial charge in [-0.25, -0.2) is 14.4 Å². The summed E-state index contributed by atoms with van der Waals surface area (Å²) in [5.41, 5.74) is 4.13. The lowest BCUT2D eigenvalue weighted by Crippen LogP contribution is -2.02. The Labute approximate surface area is 148 Å². The monoisotopic (exact) mass is 353 g/mol. The van der Waals surface area contributed by atoms with E-state index in [1.54, 1.807) is 12.1 Å². The summed E-state index contributed by atoms with van der Waals surface area (Å²) in [4.78, 5) is 8.58. The number of aromatic nitrogens is 4. The fraction of sp³-hybridized carbons (Fsp3) is 0.222. The summed E-state index contributed by atoms with van der Waals surface area (Å²) in [7, 11) is 1.43. The molecule has 0 bridgehead atoms. The van der Waals surface area contributed by atoms with Gasteiger partial charge in [0.25, 0.3) is 0 Å². The molecule has 0 radical (unpaired) electrons. The van der Waals surface area contributed by atoms with Gasteiger partial charge in [0.2, 0.25) is 5.71 Å². The zero-order chi connectivity index (χ0) is 18.3. The molecular weight excluding hydrogens is 337 g/mol. The van der Waals surface area contributed by atoms with Gasteiger partial charge in [0.15, 0.2) is 23.0 Å². The van der Waals surface area contributed by atoms with Gasteiger partial charge in [0.05, 0.1) is 18.2 Å². The van der Waals surface area contributed by atoms with Crippen molar-refractivity contribution in [3.05, 3.63) is 47.2 Å². The number of rotatable bonds is 4. The highest BCUT2D eigenvalue weighted by Crippen LogP contribution is 2.32. The van der Waals surface area contributed by atoms with Gasteiger partial charge in [-0.3, -0.25) is 0 Å². The molecule has 4 aromatic rings. The first-order chi connectivity index (χ1) is 12.6. The molecule has 0 saturated carbocycles. The van der Waals surface area contributed by atoms with Crippen LogP contribution in [0.5, 0.6) is 5.75 Å². The molecule has 3 aromatic heterocycles. The smallest absolute Gasteiger partial charge is 0.249 e. The number of hydrogen-bond acceptors (Lipinski definition) is 7. The molecular formula is C18H16FN5O2. The fourth-order valence-electron chi connectivity index (χ4n) is 2.81. The van der Waals surface area contributed by atoms with E-state index in [4.69, 9.17) is 9.15 Å². The van der Waals surface area contributed by atoms with Crippen LogP contribution in [0, 0.1) is 19.7 Å². The van der Waals surface area contributed by atoms with E-state index in [9.17, 15) is 4.39 Å². The van der Waals surface area contributed by atoms with E-state index in [-0.39, 0.29) is 5.75 Å². The Morgan fingerprint density at radius 1 is 1.19 bits per heavy atom. The van der Waals surface area contributed by atoms with Crippen molar-refractivity contribution in [2.24, 2.45) is 0 Å². The van der Waals surface area contributed by atoms with Crippen LogP contribution < -0.4 is 10.1 Å². The molecule has 26 heavy (non-hydrogen) atoms. The van der Waals surface area contributed by atoms with Crippen LogP contribution in [-0.4, -0.2) is 27.3 Å². The standard InChI is InChI=1S/C18H16FN5O2/c1-9-10(2)23-24-18-14(9)15-16(26-18)17(22-8-21-15)20-7-11-4-5-13(25-3)12(19)6-11/h4-6,8H,7H2,1-3H3,(H,20,21,22). The van der Waals surface area contributed by atoms with E-state index >= 15 is 0 Å². The first kappa shape index (κ1) is 16.2. The van der Waals surface area contributed by atoms with Crippen molar-refractivity contribution >= 4 is 28.0 Å². The molecule has 132 valence electrons. The molecule has 0 aliphatic rings. The minimum absolute atomic E-state index is 0.208. The second-order valence-corrected chi connectivity index (χ2v) is 5.92. The van der Waals surface area contributed by atoms with Crippen LogP contribution in [0.4, 0.5) is 10.2 Å². The van der Waals surface area contributed by atoms with Crippen molar-refractivity contribution < 1.29 is 13.5 Å². The summed E-state index contributed by atoms with van der Waals surface area (Å²) in [5.74, 6) is 0.311. The molecule has 4 rings (SSSR count). The third kappa shape index (κ3) is 2.59. The second-order valence-electron chi connectivity index (χ2n) is 5.92. The maximum Gasteiger partial charge on any atom is 0.249 e. The number of methoxy groups -OCH3 is 1. The van der Waals surface area contributed by atoms with Gasteiger partial charge in [-0.2, -0.15) is 5.10 Å². The normalized spacial score (nSPS) is 11.2. The molecule has 1 N–H and O–H groups in total. The molecule has 0 spiro atoms. The zero-order valence-corrected chi connectivity index (χ0v) is 14.5. The number of aryl methyl sites for hydroxylation is 2. The van der Waals surface area contributed by atoms with E-state index in [1.807, 2.05) is 13.8 Å².